The van der Waals surface area contributed by atoms with E-state index >= 15 is 0 Å². The van der Waals surface area contributed by atoms with Gasteiger partial charge in [-0.3, -0.25) is 4.79 Å². The molecule has 4 unspecified atom stereocenters. The second-order valence-electron chi connectivity index (χ2n) is 6.47. The number of amides is 1. The summed E-state index contributed by atoms with van der Waals surface area (Å²) in [5.74, 6) is 0.557. The van der Waals surface area contributed by atoms with Gasteiger partial charge in [-0.25, -0.2) is 0 Å². The number of hydrogen-bond donors (Lipinski definition) is 2. The standard InChI is InChI=1S/C15H30N2O2/c1-6-19-9-10(2)17-14(18)12-7-8-13(16)11(3)15(12,4)5/h10-13H,6-9,16H2,1-5H3,(H,17,18). The lowest BCUT2D eigenvalue weighted by molar-refractivity contribution is -0.133. The highest BCUT2D eigenvalue weighted by Crippen LogP contribution is 2.44. The van der Waals surface area contributed by atoms with Gasteiger partial charge in [0.05, 0.1) is 6.61 Å². The Morgan fingerprint density at radius 2 is 2.11 bits per heavy atom. The number of carbonyl (C=O) groups excluding carboxylic acids is 1. The molecule has 0 aromatic rings. The molecule has 0 aliphatic heterocycles. The molecule has 0 bridgehead atoms. The minimum Gasteiger partial charge on any atom is -0.380 e. The number of ether oxygens (including phenoxy) is 1. The second-order valence-corrected chi connectivity index (χ2v) is 6.47. The predicted molar refractivity (Wildman–Crippen MR) is 77.7 cm³/mol. The molecule has 112 valence electrons. The minimum absolute atomic E-state index is 0.0476. The lowest BCUT2D eigenvalue weighted by atomic mass is 9.61. The monoisotopic (exact) mass is 270 g/mol. The molecule has 4 atom stereocenters. The maximum absolute atomic E-state index is 12.4. The first-order valence-corrected chi connectivity index (χ1v) is 7.44. The Balaban J connectivity index is 2.61. The Labute approximate surface area is 117 Å². The second kappa shape index (κ2) is 6.71. The summed E-state index contributed by atoms with van der Waals surface area (Å²) in [6.07, 6.45) is 1.81. The molecule has 1 aliphatic carbocycles. The van der Waals surface area contributed by atoms with Crippen molar-refractivity contribution < 1.29 is 9.53 Å². The molecule has 0 saturated heterocycles. The summed E-state index contributed by atoms with van der Waals surface area (Å²) in [7, 11) is 0. The lowest BCUT2D eigenvalue weighted by Crippen LogP contribution is -2.53. The molecule has 0 heterocycles. The van der Waals surface area contributed by atoms with E-state index in [0.717, 1.165) is 12.8 Å². The third kappa shape index (κ3) is 3.93. The summed E-state index contributed by atoms with van der Waals surface area (Å²) in [5, 5.41) is 3.07. The molecule has 1 aliphatic rings. The van der Waals surface area contributed by atoms with E-state index in [1.54, 1.807) is 0 Å². The van der Waals surface area contributed by atoms with Crippen molar-refractivity contribution in [3.8, 4) is 0 Å². The van der Waals surface area contributed by atoms with Crippen LogP contribution < -0.4 is 11.1 Å². The summed E-state index contributed by atoms with van der Waals surface area (Å²) in [4.78, 5) is 12.4. The van der Waals surface area contributed by atoms with Crippen molar-refractivity contribution in [3.05, 3.63) is 0 Å². The van der Waals surface area contributed by atoms with Crippen molar-refractivity contribution in [1.29, 1.82) is 0 Å². The number of nitrogens with two attached hydrogens (primary N) is 1. The van der Waals surface area contributed by atoms with Crippen LogP contribution in [0.2, 0.25) is 0 Å². The van der Waals surface area contributed by atoms with E-state index in [1.165, 1.54) is 0 Å². The highest BCUT2D eigenvalue weighted by Gasteiger charge is 2.45. The van der Waals surface area contributed by atoms with Crippen molar-refractivity contribution in [2.24, 2.45) is 23.0 Å². The molecule has 0 radical (unpaired) electrons. The summed E-state index contributed by atoms with van der Waals surface area (Å²) in [6, 6.07) is 0.272. The third-order valence-corrected chi connectivity index (χ3v) is 4.78. The number of carbonyl (C=O) groups is 1. The van der Waals surface area contributed by atoms with Crippen LogP contribution in [0.4, 0.5) is 0 Å². The largest absolute Gasteiger partial charge is 0.380 e. The number of hydrogen-bond acceptors (Lipinski definition) is 3. The molecule has 1 fully saturated rings. The molecule has 0 aromatic carbocycles. The van der Waals surface area contributed by atoms with Crippen LogP contribution in [0.25, 0.3) is 0 Å². The summed E-state index contributed by atoms with van der Waals surface area (Å²) >= 11 is 0. The molecule has 19 heavy (non-hydrogen) atoms. The molecule has 4 heteroatoms. The Morgan fingerprint density at radius 3 is 2.68 bits per heavy atom. The molecular formula is C15H30N2O2. The van der Waals surface area contributed by atoms with Crippen LogP contribution in [-0.4, -0.2) is 31.2 Å². The fraction of sp³-hybridized carbons (Fsp3) is 0.933. The van der Waals surface area contributed by atoms with Crippen molar-refractivity contribution >= 4 is 5.91 Å². The molecule has 1 saturated carbocycles. The Morgan fingerprint density at radius 1 is 1.47 bits per heavy atom. The van der Waals surface area contributed by atoms with Gasteiger partial charge < -0.3 is 15.8 Å². The summed E-state index contributed by atoms with van der Waals surface area (Å²) in [5.41, 5.74) is 6.08. The van der Waals surface area contributed by atoms with Gasteiger partial charge >= 0.3 is 0 Å². The quantitative estimate of drug-likeness (QED) is 0.802. The van der Waals surface area contributed by atoms with Crippen LogP contribution in [-0.2, 0) is 9.53 Å². The zero-order chi connectivity index (χ0) is 14.6. The van der Waals surface area contributed by atoms with E-state index in [1.807, 2.05) is 13.8 Å². The maximum Gasteiger partial charge on any atom is 0.223 e. The van der Waals surface area contributed by atoms with Crippen LogP contribution in [0.3, 0.4) is 0 Å². The molecule has 1 rings (SSSR count). The van der Waals surface area contributed by atoms with E-state index < -0.39 is 0 Å². The van der Waals surface area contributed by atoms with Crippen LogP contribution in [0, 0.1) is 17.3 Å². The SMILES string of the molecule is CCOCC(C)NC(=O)C1CCC(N)C(C)C1(C)C. The van der Waals surface area contributed by atoms with Crippen molar-refractivity contribution in [2.75, 3.05) is 13.2 Å². The molecule has 0 spiro atoms. The highest BCUT2D eigenvalue weighted by molar-refractivity contribution is 5.80. The van der Waals surface area contributed by atoms with Crippen LogP contribution in [0.15, 0.2) is 0 Å². The predicted octanol–water partition coefficient (Wildman–Crippen LogP) is 1.93. The fourth-order valence-corrected chi connectivity index (χ4v) is 3.00. The van der Waals surface area contributed by atoms with Crippen molar-refractivity contribution in [3.63, 3.8) is 0 Å². The van der Waals surface area contributed by atoms with Crippen LogP contribution >= 0.6 is 0 Å². The molecule has 4 nitrogen and oxygen atoms in total. The van der Waals surface area contributed by atoms with Gasteiger partial charge in [0, 0.05) is 24.6 Å². The van der Waals surface area contributed by atoms with Crippen molar-refractivity contribution in [2.45, 2.75) is 59.5 Å². The zero-order valence-corrected chi connectivity index (χ0v) is 13.0. The van der Waals surface area contributed by atoms with Gasteiger partial charge in [0.1, 0.15) is 0 Å². The van der Waals surface area contributed by atoms with E-state index in [4.69, 9.17) is 10.5 Å². The van der Waals surface area contributed by atoms with Gasteiger partial charge in [0.25, 0.3) is 0 Å². The van der Waals surface area contributed by atoms with Gasteiger partial charge in [-0.1, -0.05) is 20.8 Å². The average Bonchev–Trinajstić information content (AvgIpc) is 2.33. The zero-order valence-electron chi connectivity index (χ0n) is 13.0. The van der Waals surface area contributed by atoms with Crippen LogP contribution in [0.5, 0.6) is 0 Å². The lowest BCUT2D eigenvalue weighted by Gasteiger charge is -2.46. The molecule has 0 aromatic heterocycles. The van der Waals surface area contributed by atoms with Gasteiger partial charge in [0.15, 0.2) is 0 Å². The minimum atomic E-state index is -0.0485. The average molecular weight is 270 g/mol. The molecule has 1 amide bonds. The molecular weight excluding hydrogens is 240 g/mol. The van der Waals surface area contributed by atoms with E-state index in [-0.39, 0.29) is 29.3 Å². The first-order valence-electron chi connectivity index (χ1n) is 7.44. The van der Waals surface area contributed by atoms with Gasteiger partial charge in [-0.2, -0.15) is 0 Å². The normalized spacial score (nSPS) is 31.8. The van der Waals surface area contributed by atoms with Crippen molar-refractivity contribution in [1.82, 2.24) is 5.32 Å². The first-order chi connectivity index (χ1) is 8.80. The topological polar surface area (TPSA) is 64.3 Å². The Kier molecular flexibility index (Phi) is 5.81. The van der Waals surface area contributed by atoms with E-state index in [0.29, 0.717) is 19.1 Å². The van der Waals surface area contributed by atoms with E-state index in [2.05, 4.69) is 26.1 Å². The number of nitrogens with one attached hydrogen (secondary N) is 1. The first kappa shape index (κ1) is 16.4. The van der Waals surface area contributed by atoms with Crippen LogP contribution in [0.1, 0.15) is 47.5 Å². The fourth-order valence-electron chi connectivity index (χ4n) is 3.00. The summed E-state index contributed by atoms with van der Waals surface area (Å²) in [6.45, 7) is 11.7. The smallest absolute Gasteiger partial charge is 0.223 e. The third-order valence-electron chi connectivity index (χ3n) is 4.78. The van der Waals surface area contributed by atoms with Gasteiger partial charge in [-0.05, 0) is 38.0 Å². The van der Waals surface area contributed by atoms with E-state index in [9.17, 15) is 4.79 Å². The highest BCUT2D eigenvalue weighted by atomic mass is 16.5. The van der Waals surface area contributed by atoms with Gasteiger partial charge in [-0.15, -0.1) is 0 Å². The Hall–Kier alpha value is -0.610. The Bertz CT molecular complexity index is 305. The molecule has 3 N–H and O–H groups in total. The van der Waals surface area contributed by atoms with Gasteiger partial charge in [0.2, 0.25) is 5.91 Å². The number of rotatable bonds is 5. The maximum atomic E-state index is 12.4. The summed E-state index contributed by atoms with van der Waals surface area (Å²) < 4.78 is 5.34.